The van der Waals surface area contributed by atoms with Crippen LogP contribution in [0.1, 0.15) is 20.3 Å². The predicted octanol–water partition coefficient (Wildman–Crippen LogP) is 2.43. The zero-order valence-corrected chi connectivity index (χ0v) is 11.3. The molecule has 1 atom stereocenters. The molecule has 0 aromatic heterocycles. The molecule has 0 fully saturated rings. The molecule has 1 N–H and O–H groups in total. The zero-order chi connectivity index (χ0) is 14.7. The second-order valence-corrected chi connectivity index (χ2v) is 4.61. The van der Waals surface area contributed by atoms with Crippen LogP contribution in [0.5, 0.6) is 5.75 Å². The topological polar surface area (TPSA) is 76.0 Å². The number of para-hydroxylation sites is 1. The fraction of sp³-hybridized carbons (Fsp3) is 0.267. The van der Waals surface area contributed by atoms with Gasteiger partial charge in [0.05, 0.1) is 11.5 Å². The molecule has 0 spiro atoms. The van der Waals surface area contributed by atoms with Crippen LogP contribution in [0.3, 0.4) is 0 Å². The van der Waals surface area contributed by atoms with E-state index in [0.29, 0.717) is 22.7 Å². The summed E-state index contributed by atoms with van der Waals surface area (Å²) in [6.07, 6.45) is 0.113. The SMILES string of the molecule is CC1=NC(C)=C(C(=O)Oc2ccccc2)CC1C(=O)O. The Morgan fingerprint density at radius 1 is 1.25 bits per heavy atom. The Hall–Kier alpha value is -2.43. The molecule has 0 radical (unpaired) electrons. The largest absolute Gasteiger partial charge is 0.481 e. The number of hydrogen-bond donors (Lipinski definition) is 1. The fourth-order valence-corrected chi connectivity index (χ4v) is 2.06. The van der Waals surface area contributed by atoms with Gasteiger partial charge < -0.3 is 9.84 Å². The summed E-state index contributed by atoms with van der Waals surface area (Å²) in [4.78, 5) is 27.4. The highest BCUT2D eigenvalue weighted by Crippen LogP contribution is 2.26. The normalized spacial score (nSPS) is 18.5. The summed E-state index contributed by atoms with van der Waals surface area (Å²) < 4.78 is 5.23. The molecule has 20 heavy (non-hydrogen) atoms. The number of aliphatic imine (C=N–C) groups is 1. The minimum Gasteiger partial charge on any atom is -0.481 e. The first-order valence-electron chi connectivity index (χ1n) is 6.24. The summed E-state index contributed by atoms with van der Waals surface area (Å²) in [5.74, 6) is -1.87. The first-order chi connectivity index (χ1) is 9.49. The number of carboxylic acids is 1. The van der Waals surface area contributed by atoms with Crippen LogP contribution < -0.4 is 4.74 Å². The molecule has 1 heterocycles. The Morgan fingerprint density at radius 2 is 1.90 bits per heavy atom. The minimum atomic E-state index is -0.983. The van der Waals surface area contributed by atoms with Gasteiger partial charge in [-0.25, -0.2) is 4.79 Å². The number of ether oxygens (including phenoxy) is 1. The van der Waals surface area contributed by atoms with E-state index in [2.05, 4.69) is 4.99 Å². The average molecular weight is 273 g/mol. The lowest BCUT2D eigenvalue weighted by Crippen LogP contribution is -2.28. The Balaban J connectivity index is 2.21. The fourth-order valence-electron chi connectivity index (χ4n) is 2.06. The van der Waals surface area contributed by atoms with Crippen LogP contribution in [-0.4, -0.2) is 22.8 Å². The second kappa shape index (κ2) is 5.69. The molecule has 1 aliphatic rings. The van der Waals surface area contributed by atoms with Gasteiger partial charge in [0, 0.05) is 11.4 Å². The van der Waals surface area contributed by atoms with Crippen molar-refractivity contribution in [3.63, 3.8) is 0 Å². The lowest BCUT2D eigenvalue weighted by Gasteiger charge is -2.20. The van der Waals surface area contributed by atoms with Gasteiger partial charge in [0.25, 0.3) is 0 Å². The van der Waals surface area contributed by atoms with E-state index in [-0.39, 0.29) is 6.42 Å². The summed E-state index contributed by atoms with van der Waals surface area (Å²) >= 11 is 0. The molecule has 0 aliphatic carbocycles. The predicted molar refractivity (Wildman–Crippen MR) is 73.6 cm³/mol. The Labute approximate surface area is 116 Å². The molecule has 1 aromatic carbocycles. The van der Waals surface area contributed by atoms with E-state index in [0.717, 1.165) is 0 Å². The average Bonchev–Trinajstić information content (AvgIpc) is 2.39. The monoisotopic (exact) mass is 273 g/mol. The highest BCUT2D eigenvalue weighted by molar-refractivity contribution is 6.04. The Bertz CT molecular complexity index is 602. The maximum atomic E-state index is 12.1. The number of carboxylic acid groups (broad SMARTS) is 1. The number of aliphatic carboxylic acids is 1. The third kappa shape index (κ3) is 2.93. The van der Waals surface area contributed by atoms with Crippen LogP contribution in [0, 0.1) is 5.92 Å². The van der Waals surface area contributed by atoms with Crippen LogP contribution >= 0.6 is 0 Å². The smallest absolute Gasteiger partial charge is 0.341 e. The quantitative estimate of drug-likeness (QED) is 0.678. The van der Waals surface area contributed by atoms with Crippen molar-refractivity contribution in [2.24, 2.45) is 10.9 Å². The molecule has 1 aromatic rings. The van der Waals surface area contributed by atoms with Crippen LogP contribution in [0.2, 0.25) is 0 Å². The molecule has 1 aliphatic heterocycles. The van der Waals surface area contributed by atoms with E-state index in [9.17, 15) is 9.59 Å². The van der Waals surface area contributed by atoms with Crippen molar-refractivity contribution < 1.29 is 19.4 Å². The standard InChI is InChI=1S/C15H15NO4/c1-9-12(14(17)18)8-13(10(2)16-9)15(19)20-11-6-4-3-5-7-11/h3-7,12H,8H2,1-2H3,(H,17,18). The molecule has 5 heteroatoms. The third-order valence-electron chi connectivity index (χ3n) is 3.19. The molecule has 0 saturated heterocycles. The maximum absolute atomic E-state index is 12.1. The van der Waals surface area contributed by atoms with Crippen LogP contribution in [0.15, 0.2) is 46.6 Å². The van der Waals surface area contributed by atoms with Crippen molar-refractivity contribution in [3.05, 3.63) is 41.6 Å². The first kappa shape index (κ1) is 14.0. The highest BCUT2D eigenvalue weighted by atomic mass is 16.5. The van der Waals surface area contributed by atoms with Gasteiger partial charge in [-0.2, -0.15) is 0 Å². The molecule has 1 unspecified atom stereocenters. The van der Waals surface area contributed by atoms with E-state index in [4.69, 9.17) is 9.84 Å². The van der Waals surface area contributed by atoms with E-state index in [1.807, 2.05) is 6.07 Å². The van der Waals surface area contributed by atoms with Crippen molar-refractivity contribution >= 4 is 17.7 Å². The van der Waals surface area contributed by atoms with Crippen LogP contribution in [0.25, 0.3) is 0 Å². The number of rotatable bonds is 3. The minimum absolute atomic E-state index is 0.113. The van der Waals surface area contributed by atoms with Gasteiger partial charge in [-0.3, -0.25) is 9.79 Å². The van der Waals surface area contributed by atoms with Gasteiger partial charge >= 0.3 is 11.9 Å². The highest BCUT2D eigenvalue weighted by Gasteiger charge is 2.30. The van der Waals surface area contributed by atoms with Crippen molar-refractivity contribution in [2.45, 2.75) is 20.3 Å². The molecule has 5 nitrogen and oxygen atoms in total. The molecule has 0 saturated carbocycles. The van der Waals surface area contributed by atoms with Gasteiger partial charge in [0.2, 0.25) is 0 Å². The number of carbonyl (C=O) groups excluding carboxylic acids is 1. The van der Waals surface area contributed by atoms with Crippen molar-refractivity contribution in [2.75, 3.05) is 0 Å². The van der Waals surface area contributed by atoms with Crippen LogP contribution in [0.4, 0.5) is 0 Å². The summed E-state index contributed by atoms with van der Waals surface area (Å²) in [5, 5.41) is 9.13. The summed E-state index contributed by atoms with van der Waals surface area (Å²) in [7, 11) is 0. The van der Waals surface area contributed by atoms with Gasteiger partial charge in [-0.15, -0.1) is 0 Å². The molecule has 2 rings (SSSR count). The molecular formula is C15H15NO4. The number of carbonyl (C=O) groups is 2. The number of allylic oxidation sites excluding steroid dienone is 1. The van der Waals surface area contributed by atoms with Gasteiger partial charge in [0.1, 0.15) is 5.75 Å². The van der Waals surface area contributed by atoms with Crippen molar-refractivity contribution in [1.29, 1.82) is 0 Å². The van der Waals surface area contributed by atoms with E-state index in [1.165, 1.54) is 0 Å². The summed E-state index contributed by atoms with van der Waals surface area (Å²) in [5.41, 5.74) is 1.33. The number of nitrogens with zero attached hydrogens (tertiary/aromatic N) is 1. The molecular weight excluding hydrogens is 258 g/mol. The molecule has 0 amide bonds. The lowest BCUT2D eigenvalue weighted by molar-refractivity contribution is -0.139. The Kier molecular flexibility index (Phi) is 3.98. The van der Waals surface area contributed by atoms with Gasteiger partial charge in [0.15, 0.2) is 0 Å². The van der Waals surface area contributed by atoms with Crippen molar-refractivity contribution in [3.8, 4) is 5.75 Å². The molecule has 0 bridgehead atoms. The number of benzene rings is 1. The summed E-state index contributed by atoms with van der Waals surface area (Å²) in [6, 6.07) is 8.66. The van der Waals surface area contributed by atoms with Crippen molar-refractivity contribution in [1.82, 2.24) is 0 Å². The van der Waals surface area contributed by atoms with E-state index >= 15 is 0 Å². The van der Waals surface area contributed by atoms with Gasteiger partial charge in [-0.1, -0.05) is 18.2 Å². The zero-order valence-electron chi connectivity index (χ0n) is 11.3. The molecule has 104 valence electrons. The second-order valence-electron chi connectivity index (χ2n) is 4.61. The summed E-state index contributed by atoms with van der Waals surface area (Å²) in [6.45, 7) is 3.34. The first-order valence-corrected chi connectivity index (χ1v) is 6.24. The van der Waals surface area contributed by atoms with Gasteiger partial charge in [-0.05, 0) is 32.4 Å². The van der Waals surface area contributed by atoms with E-state index < -0.39 is 17.9 Å². The third-order valence-corrected chi connectivity index (χ3v) is 3.19. The lowest BCUT2D eigenvalue weighted by atomic mass is 9.91. The van der Waals surface area contributed by atoms with Crippen LogP contribution in [-0.2, 0) is 9.59 Å². The number of esters is 1. The number of hydrogen-bond acceptors (Lipinski definition) is 4. The maximum Gasteiger partial charge on any atom is 0.341 e. The van der Waals surface area contributed by atoms with E-state index in [1.54, 1.807) is 38.1 Å². The Morgan fingerprint density at radius 3 is 2.50 bits per heavy atom.